The molecular formula is C15H12N2O2. The molecule has 0 saturated carbocycles. The van der Waals surface area contributed by atoms with Gasteiger partial charge in [-0.05, 0) is 43.3 Å². The quantitative estimate of drug-likeness (QED) is 0.853. The first-order valence-corrected chi connectivity index (χ1v) is 5.73. The lowest BCUT2D eigenvalue weighted by molar-refractivity contribution is -0.111. The summed E-state index contributed by atoms with van der Waals surface area (Å²) in [5.41, 5.74) is 1.09. The van der Waals surface area contributed by atoms with E-state index in [1.54, 1.807) is 36.4 Å². The van der Waals surface area contributed by atoms with E-state index in [0.29, 0.717) is 17.0 Å². The second kappa shape index (κ2) is 5.69. The number of furan rings is 1. The van der Waals surface area contributed by atoms with Gasteiger partial charge in [0.25, 0.3) is 0 Å². The van der Waals surface area contributed by atoms with Crippen LogP contribution >= 0.6 is 0 Å². The minimum absolute atomic E-state index is 0.274. The Kier molecular flexibility index (Phi) is 3.79. The SMILES string of the molecule is Cc1ccc(/C=C/C(=O)Nc2cccc(C#N)c2)o1. The number of rotatable bonds is 3. The van der Waals surface area contributed by atoms with Crippen LogP contribution in [0.25, 0.3) is 6.08 Å². The van der Waals surface area contributed by atoms with Crippen LogP contribution in [0.1, 0.15) is 17.1 Å². The summed E-state index contributed by atoms with van der Waals surface area (Å²) in [5.74, 6) is 1.14. The highest BCUT2D eigenvalue weighted by Gasteiger charge is 2.00. The van der Waals surface area contributed by atoms with Crippen LogP contribution in [-0.2, 0) is 4.79 Å². The van der Waals surface area contributed by atoms with E-state index in [2.05, 4.69) is 5.32 Å². The summed E-state index contributed by atoms with van der Waals surface area (Å²) >= 11 is 0. The number of nitrogens with zero attached hydrogens (tertiary/aromatic N) is 1. The number of benzene rings is 1. The van der Waals surface area contributed by atoms with E-state index in [1.807, 2.05) is 19.1 Å². The summed E-state index contributed by atoms with van der Waals surface area (Å²) < 4.78 is 5.31. The zero-order chi connectivity index (χ0) is 13.7. The smallest absolute Gasteiger partial charge is 0.248 e. The molecule has 0 fully saturated rings. The molecule has 0 bridgehead atoms. The van der Waals surface area contributed by atoms with Crippen LogP contribution < -0.4 is 5.32 Å². The molecule has 2 aromatic rings. The van der Waals surface area contributed by atoms with E-state index >= 15 is 0 Å². The van der Waals surface area contributed by atoms with Gasteiger partial charge in [-0.3, -0.25) is 4.79 Å². The molecule has 4 heteroatoms. The number of carbonyl (C=O) groups excluding carboxylic acids is 1. The second-order valence-corrected chi connectivity index (χ2v) is 3.96. The average molecular weight is 252 g/mol. The van der Waals surface area contributed by atoms with Gasteiger partial charge >= 0.3 is 0 Å². The summed E-state index contributed by atoms with van der Waals surface area (Å²) in [6.07, 6.45) is 2.98. The molecule has 1 heterocycles. The Labute approximate surface area is 111 Å². The van der Waals surface area contributed by atoms with Crippen molar-refractivity contribution in [2.75, 3.05) is 5.32 Å². The van der Waals surface area contributed by atoms with Crippen molar-refractivity contribution in [3.63, 3.8) is 0 Å². The Morgan fingerprint density at radius 3 is 2.89 bits per heavy atom. The number of hydrogen-bond acceptors (Lipinski definition) is 3. The van der Waals surface area contributed by atoms with E-state index in [4.69, 9.17) is 9.68 Å². The van der Waals surface area contributed by atoms with Crippen molar-refractivity contribution in [2.45, 2.75) is 6.92 Å². The number of hydrogen-bond donors (Lipinski definition) is 1. The monoisotopic (exact) mass is 252 g/mol. The lowest BCUT2D eigenvalue weighted by Crippen LogP contribution is -2.07. The predicted molar refractivity (Wildman–Crippen MR) is 72.3 cm³/mol. The van der Waals surface area contributed by atoms with Crippen LogP contribution in [0.5, 0.6) is 0 Å². The number of carbonyl (C=O) groups is 1. The first kappa shape index (κ1) is 12.7. The third-order valence-electron chi connectivity index (χ3n) is 2.42. The molecule has 0 atom stereocenters. The summed E-state index contributed by atoms with van der Waals surface area (Å²) in [4.78, 5) is 11.7. The topological polar surface area (TPSA) is 66.0 Å². The van der Waals surface area contributed by atoms with Crippen molar-refractivity contribution in [3.05, 3.63) is 59.6 Å². The second-order valence-electron chi connectivity index (χ2n) is 3.96. The maximum atomic E-state index is 11.7. The number of anilines is 1. The van der Waals surface area contributed by atoms with Gasteiger partial charge < -0.3 is 9.73 Å². The third kappa shape index (κ3) is 3.58. The van der Waals surface area contributed by atoms with E-state index in [-0.39, 0.29) is 5.91 Å². The van der Waals surface area contributed by atoms with Gasteiger partial charge in [-0.2, -0.15) is 5.26 Å². The van der Waals surface area contributed by atoms with Gasteiger partial charge in [0, 0.05) is 11.8 Å². The van der Waals surface area contributed by atoms with Gasteiger partial charge in [-0.15, -0.1) is 0 Å². The fourth-order valence-electron chi connectivity index (χ4n) is 1.55. The fraction of sp³-hybridized carbons (Fsp3) is 0.0667. The predicted octanol–water partition coefficient (Wildman–Crippen LogP) is 3.11. The van der Waals surface area contributed by atoms with E-state index < -0.39 is 0 Å². The van der Waals surface area contributed by atoms with Gasteiger partial charge in [0.1, 0.15) is 11.5 Å². The molecule has 94 valence electrons. The van der Waals surface area contributed by atoms with Crippen LogP contribution in [-0.4, -0.2) is 5.91 Å². The molecule has 0 aliphatic heterocycles. The van der Waals surface area contributed by atoms with Gasteiger partial charge in [0.15, 0.2) is 0 Å². The third-order valence-corrected chi connectivity index (χ3v) is 2.42. The lowest BCUT2D eigenvalue weighted by Gasteiger charge is -2.01. The standard InChI is InChI=1S/C15H12N2O2/c1-11-5-6-14(19-11)7-8-15(18)17-13-4-2-3-12(9-13)10-16/h2-9H,1H3,(H,17,18)/b8-7+. The summed E-state index contributed by atoms with van der Waals surface area (Å²) in [6, 6.07) is 12.4. The van der Waals surface area contributed by atoms with Crippen LogP contribution in [0.2, 0.25) is 0 Å². The molecule has 0 unspecified atom stereocenters. The average Bonchev–Trinajstić information content (AvgIpc) is 2.82. The van der Waals surface area contributed by atoms with Gasteiger partial charge in [0.05, 0.1) is 11.6 Å². The number of nitrogens with one attached hydrogen (secondary N) is 1. The molecule has 0 saturated heterocycles. The largest absolute Gasteiger partial charge is 0.462 e. The van der Waals surface area contributed by atoms with Crippen molar-refractivity contribution < 1.29 is 9.21 Å². The molecule has 1 N–H and O–H groups in total. The molecule has 19 heavy (non-hydrogen) atoms. The van der Waals surface area contributed by atoms with Crippen molar-refractivity contribution >= 4 is 17.7 Å². The number of amides is 1. The zero-order valence-corrected chi connectivity index (χ0v) is 10.4. The molecule has 0 spiro atoms. The number of aryl methyl sites for hydroxylation is 1. The summed E-state index contributed by atoms with van der Waals surface area (Å²) in [5, 5.41) is 11.4. The summed E-state index contributed by atoms with van der Waals surface area (Å²) in [6.45, 7) is 1.84. The molecule has 4 nitrogen and oxygen atoms in total. The van der Waals surface area contributed by atoms with Gasteiger partial charge in [0.2, 0.25) is 5.91 Å². The van der Waals surface area contributed by atoms with Crippen molar-refractivity contribution in [1.29, 1.82) is 5.26 Å². The van der Waals surface area contributed by atoms with Gasteiger partial charge in [-0.1, -0.05) is 6.07 Å². The highest BCUT2D eigenvalue weighted by Crippen LogP contribution is 2.11. The zero-order valence-electron chi connectivity index (χ0n) is 10.4. The van der Waals surface area contributed by atoms with Crippen LogP contribution in [0, 0.1) is 18.3 Å². The normalized spacial score (nSPS) is 10.3. The number of nitriles is 1. The molecule has 1 aromatic carbocycles. The Morgan fingerprint density at radius 1 is 1.37 bits per heavy atom. The van der Waals surface area contributed by atoms with Crippen molar-refractivity contribution in [1.82, 2.24) is 0 Å². The van der Waals surface area contributed by atoms with E-state index in [0.717, 1.165) is 5.76 Å². The molecule has 0 aliphatic carbocycles. The molecular weight excluding hydrogens is 240 g/mol. The Morgan fingerprint density at radius 2 is 2.21 bits per heavy atom. The van der Waals surface area contributed by atoms with Gasteiger partial charge in [-0.25, -0.2) is 0 Å². The van der Waals surface area contributed by atoms with Crippen LogP contribution in [0.15, 0.2) is 46.9 Å². The Hall–Kier alpha value is -2.80. The maximum Gasteiger partial charge on any atom is 0.248 e. The van der Waals surface area contributed by atoms with E-state index in [1.165, 1.54) is 6.08 Å². The molecule has 1 aromatic heterocycles. The molecule has 1 amide bonds. The highest BCUT2D eigenvalue weighted by atomic mass is 16.3. The Bertz CT molecular complexity index is 663. The molecule has 0 aliphatic rings. The molecule has 2 rings (SSSR count). The summed E-state index contributed by atoms with van der Waals surface area (Å²) in [7, 11) is 0. The minimum Gasteiger partial charge on any atom is -0.462 e. The maximum absolute atomic E-state index is 11.7. The lowest BCUT2D eigenvalue weighted by atomic mass is 10.2. The fourth-order valence-corrected chi connectivity index (χ4v) is 1.55. The first-order chi connectivity index (χ1) is 9.17. The van der Waals surface area contributed by atoms with Crippen molar-refractivity contribution in [2.24, 2.45) is 0 Å². The van der Waals surface area contributed by atoms with Crippen LogP contribution in [0.4, 0.5) is 5.69 Å². The van der Waals surface area contributed by atoms with E-state index in [9.17, 15) is 4.79 Å². The minimum atomic E-state index is -0.274. The molecule has 0 radical (unpaired) electrons. The highest BCUT2D eigenvalue weighted by molar-refractivity contribution is 6.01. The van der Waals surface area contributed by atoms with Crippen molar-refractivity contribution in [3.8, 4) is 6.07 Å². The van der Waals surface area contributed by atoms with Crippen LogP contribution in [0.3, 0.4) is 0 Å². The first-order valence-electron chi connectivity index (χ1n) is 5.73. The Balaban J connectivity index is 2.01.